The number of thioether (sulfide) groups is 1. The maximum atomic E-state index is 12.5. The molecule has 4 nitrogen and oxygen atoms in total. The van der Waals surface area contributed by atoms with Crippen LogP contribution in [0.25, 0.3) is 5.69 Å². The minimum absolute atomic E-state index is 0.0702. The van der Waals surface area contributed by atoms with Crippen molar-refractivity contribution in [2.75, 3.05) is 0 Å². The van der Waals surface area contributed by atoms with E-state index in [1.807, 2.05) is 78.5 Å². The van der Waals surface area contributed by atoms with E-state index >= 15 is 0 Å². The molecular weight excluding hydrogens is 330 g/mol. The zero-order valence-electron chi connectivity index (χ0n) is 14.1. The predicted octanol–water partition coefficient (Wildman–Crippen LogP) is 4.06. The van der Waals surface area contributed by atoms with Crippen LogP contribution in [0, 0.1) is 0 Å². The summed E-state index contributed by atoms with van der Waals surface area (Å²) >= 11 is 1.61. The lowest BCUT2D eigenvalue weighted by Crippen LogP contribution is -2.31. The second kappa shape index (κ2) is 8.53. The number of amides is 1. The Balaban J connectivity index is 1.60. The lowest BCUT2D eigenvalue weighted by atomic mass is 10.2. The first-order valence-corrected chi connectivity index (χ1v) is 9.22. The lowest BCUT2D eigenvalue weighted by Gasteiger charge is -2.15. The normalized spacial score (nSPS) is 11.9. The second-order valence-electron chi connectivity index (χ2n) is 5.67. The van der Waals surface area contributed by atoms with Crippen molar-refractivity contribution in [1.82, 2.24) is 15.1 Å². The molecule has 1 unspecified atom stereocenters. The number of nitrogens with zero attached hydrogens (tertiary/aromatic N) is 2. The molecule has 1 atom stereocenters. The van der Waals surface area contributed by atoms with Gasteiger partial charge in [0.1, 0.15) is 0 Å². The predicted molar refractivity (Wildman–Crippen MR) is 102 cm³/mol. The standard InChI is InChI=1S/C20H21N3OS/c1-2-19(25-18-10-4-3-5-11-18)20(24)21-15-16-8-6-9-17(14-16)23-13-7-12-22-23/h3-14,19H,2,15H2,1H3,(H,21,24). The lowest BCUT2D eigenvalue weighted by molar-refractivity contribution is -0.120. The quantitative estimate of drug-likeness (QED) is 0.653. The number of carbonyl (C=O) groups excluding carboxylic acids is 1. The summed E-state index contributed by atoms with van der Waals surface area (Å²) in [6.45, 7) is 2.55. The van der Waals surface area contributed by atoms with Crippen LogP contribution in [0.4, 0.5) is 0 Å². The number of aromatic nitrogens is 2. The molecule has 0 saturated heterocycles. The van der Waals surface area contributed by atoms with E-state index in [1.165, 1.54) is 0 Å². The molecule has 0 radical (unpaired) electrons. The largest absolute Gasteiger partial charge is 0.351 e. The fourth-order valence-corrected chi connectivity index (χ4v) is 3.52. The Kier molecular flexibility index (Phi) is 5.90. The third-order valence-electron chi connectivity index (χ3n) is 3.83. The highest BCUT2D eigenvalue weighted by molar-refractivity contribution is 8.00. The molecule has 0 fully saturated rings. The Hall–Kier alpha value is -2.53. The molecule has 1 heterocycles. The average molecular weight is 351 g/mol. The van der Waals surface area contributed by atoms with Crippen molar-refractivity contribution in [3.8, 4) is 5.69 Å². The van der Waals surface area contributed by atoms with Gasteiger partial charge in [0.15, 0.2) is 0 Å². The maximum absolute atomic E-state index is 12.5. The topological polar surface area (TPSA) is 46.9 Å². The molecule has 0 spiro atoms. The third kappa shape index (κ3) is 4.73. The first-order chi connectivity index (χ1) is 12.3. The van der Waals surface area contributed by atoms with Crippen LogP contribution in [0.1, 0.15) is 18.9 Å². The Morgan fingerprint density at radius 2 is 2.00 bits per heavy atom. The van der Waals surface area contributed by atoms with Crippen molar-refractivity contribution in [1.29, 1.82) is 0 Å². The van der Waals surface area contributed by atoms with Gasteiger partial charge in [-0.2, -0.15) is 5.10 Å². The van der Waals surface area contributed by atoms with E-state index in [1.54, 1.807) is 18.0 Å². The molecule has 5 heteroatoms. The molecule has 0 aliphatic rings. The van der Waals surface area contributed by atoms with Crippen LogP contribution < -0.4 is 5.32 Å². The van der Waals surface area contributed by atoms with Gasteiger partial charge in [-0.1, -0.05) is 37.3 Å². The summed E-state index contributed by atoms with van der Waals surface area (Å²) < 4.78 is 1.81. The van der Waals surface area contributed by atoms with Crippen LogP contribution >= 0.6 is 11.8 Å². The van der Waals surface area contributed by atoms with Gasteiger partial charge in [-0.3, -0.25) is 4.79 Å². The van der Waals surface area contributed by atoms with Gasteiger partial charge < -0.3 is 5.32 Å². The van der Waals surface area contributed by atoms with E-state index < -0.39 is 0 Å². The molecule has 1 amide bonds. The van der Waals surface area contributed by atoms with E-state index in [0.717, 1.165) is 22.6 Å². The van der Waals surface area contributed by atoms with Gasteiger partial charge in [0.2, 0.25) is 5.91 Å². The van der Waals surface area contributed by atoms with Gasteiger partial charge >= 0.3 is 0 Å². The zero-order chi connectivity index (χ0) is 17.5. The van der Waals surface area contributed by atoms with E-state index in [4.69, 9.17) is 0 Å². The Morgan fingerprint density at radius 1 is 1.16 bits per heavy atom. The number of rotatable bonds is 7. The fraction of sp³-hybridized carbons (Fsp3) is 0.200. The van der Waals surface area contributed by atoms with Gasteiger partial charge in [0, 0.05) is 23.8 Å². The molecule has 2 aromatic carbocycles. The highest BCUT2D eigenvalue weighted by Gasteiger charge is 2.17. The summed E-state index contributed by atoms with van der Waals surface area (Å²) in [5.41, 5.74) is 2.04. The van der Waals surface area contributed by atoms with Crippen molar-refractivity contribution in [3.05, 3.63) is 78.6 Å². The number of nitrogens with one attached hydrogen (secondary N) is 1. The van der Waals surface area contributed by atoms with Crippen LogP contribution in [0.15, 0.2) is 78.0 Å². The van der Waals surface area contributed by atoms with Gasteiger partial charge in [0.25, 0.3) is 0 Å². The minimum atomic E-state index is -0.0864. The summed E-state index contributed by atoms with van der Waals surface area (Å²) in [5, 5.41) is 7.20. The van der Waals surface area contributed by atoms with Crippen LogP contribution in [0.3, 0.4) is 0 Å². The van der Waals surface area contributed by atoms with E-state index in [2.05, 4.69) is 10.4 Å². The molecule has 0 bridgehead atoms. The van der Waals surface area contributed by atoms with E-state index in [0.29, 0.717) is 6.54 Å². The van der Waals surface area contributed by atoms with Crippen LogP contribution in [0.2, 0.25) is 0 Å². The van der Waals surface area contributed by atoms with Crippen molar-refractivity contribution >= 4 is 17.7 Å². The van der Waals surface area contributed by atoms with Gasteiger partial charge in [-0.05, 0) is 42.3 Å². The second-order valence-corrected chi connectivity index (χ2v) is 6.94. The van der Waals surface area contributed by atoms with Crippen molar-refractivity contribution in [3.63, 3.8) is 0 Å². The Bertz CT molecular complexity index is 803. The molecule has 25 heavy (non-hydrogen) atoms. The summed E-state index contributed by atoms with van der Waals surface area (Å²) in [5.74, 6) is 0.0702. The van der Waals surface area contributed by atoms with Crippen molar-refractivity contribution < 1.29 is 4.79 Å². The fourth-order valence-electron chi connectivity index (χ4n) is 2.52. The molecule has 128 valence electrons. The maximum Gasteiger partial charge on any atom is 0.233 e. The van der Waals surface area contributed by atoms with Gasteiger partial charge in [0.05, 0.1) is 10.9 Å². The highest BCUT2D eigenvalue weighted by Crippen LogP contribution is 2.25. The minimum Gasteiger partial charge on any atom is -0.351 e. The first-order valence-electron chi connectivity index (χ1n) is 8.34. The molecule has 1 aromatic heterocycles. The number of hydrogen-bond acceptors (Lipinski definition) is 3. The van der Waals surface area contributed by atoms with Crippen LogP contribution in [-0.4, -0.2) is 20.9 Å². The molecule has 1 N–H and O–H groups in total. The van der Waals surface area contributed by atoms with E-state index in [-0.39, 0.29) is 11.2 Å². The highest BCUT2D eigenvalue weighted by atomic mass is 32.2. The monoisotopic (exact) mass is 351 g/mol. The SMILES string of the molecule is CCC(Sc1ccccc1)C(=O)NCc1cccc(-n2cccn2)c1. The summed E-state index contributed by atoms with van der Waals surface area (Å²) in [4.78, 5) is 13.6. The Morgan fingerprint density at radius 3 is 2.72 bits per heavy atom. The number of benzene rings is 2. The van der Waals surface area contributed by atoms with Gasteiger partial charge in [-0.25, -0.2) is 4.68 Å². The van der Waals surface area contributed by atoms with E-state index in [9.17, 15) is 4.79 Å². The molecule has 0 saturated carbocycles. The van der Waals surface area contributed by atoms with Crippen molar-refractivity contribution in [2.45, 2.75) is 30.0 Å². The molecule has 0 aliphatic heterocycles. The number of carbonyl (C=O) groups is 1. The molecular formula is C20H21N3OS. The van der Waals surface area contributed by atoms with Crippen molar-refractivity contribution in [2.24, 2.45) is 0 Å². The van der Waals surface area contributed by atoms with Crippen LogP contribution in [-0.2, 0) is 11.3 Å². The molecule has 3 aromatic rings. The summed E-state index contributed by atoms with van der Waals surface area (Å²) in [6, 6.07) is 20.0. The summed E-state index contributed by atoms with van der Waals surface area (Å²) in [7, 11) is 0. The molecule has 3 rings (SSSR count). The number of hydrogen-bond donors (Lipinski definition) is 1. The first kappa shape index (κ1) is 17.3. The molecule has 0 aliphatic carbocycles. The Labute approximate surface area is 152 Å². The third-order valence-corrected chi connectivity index (χ3v) is 5.21. The average Bonchev–Trinajstić information content (AvgIpc) is 3.20. The zero-order valence-corrected chi connectivity index (χ0v) is 14.9. The van der Waals surface area contributed by atoms with Crippen LogP contribution in [0.5, 0.6) is 0 Å². The van der Waals surface area contributed by atoms with Gasteiger partial charge in [-0.15, -0.1) is 11.8 Å². The summed E-state index contributed by atoms with van der Waals surface area (Å²) in [6.07, 6.45) is 4.45. The smallest absolute Gasteiger partial charge is 0.233 e.